The summed E-state index contributed by atoms with van der Waals surface area (Å²) in [6.45, 7) is 3.42. The molecule has 0 fully saturated rings. The van der Waals surface area contributed by atoms with Crippen molar-refractivity contribution in [1.29, 1.82) is 0 Å². The Hall–Kier alpha value is -0.670. The number of hydrogen-bond donors (Lipinski definition) is 2. The molecule has 0 bridgehead atoms. The van der Waals surface area contributed by atoms with Crippen molar-refractivity contribution in [3.8, 4) is 5.75 Å². The lowest BCUT2D eigenvalue weighted by Crippen LogP contribution is -2.16. The Morgan fingerprint density at radius 3 is 2.31 bits per heavy atom. The molecule has 0 saturated heterocycles. The third kappa shape index (κ3) is 2.17. The van der Waals surface area contributed by atoms with Crippen molar-refractivity contribution in [3.63, 3.8) is 0 Å². The largest absolute Gasteiger partial charge is 0.507 e. The third-order valence-electron chi connectivity index (χ3n) is 1.86. The number of hydrogen-bond acceptors (Lipinski definition) is 3. The molecule has 2 N–H and O–H groups in total. The minimum Gasteiger partial charge on any atom is -0.507 e. The predicted octanol–water partition coefficient (Wildman–Crippen LogP) is 2.34. The van der Waals surface area contributed by atoms with Gasteiger partial charge in [0.1, 0.15) is 5.75 Å². The quantitative estimate of drug-likeness (QED) is 0.717. The highest BCUT2D eigenvalue weighted by Gasteiger charge is 2.21. The van der Waals surface area contributed by atoms with Crippen LogP contribution in [-0.4, -0.2) is 16.5 Å². The molecule has 0 unspecified atom stereocenters. The summed E-state index contributed by atoms with van der Waals surface area (Å²) in [6.07, 6.45) is 1.88. The standard InChI is InChI=1S/C10H14O2S/c1-10(2,12)7-5-4-6-8(11)9(7)13-3/h4-6,11-12H,1-3H3. The van der Waals surface area contributed by atoms with Crippen LogP contribution in [0.3, 0.4) is 0 Å². The molecule has 0 aliphatic rings. The second-order valence-electron chi connectivity index (χ2n) is 3.42. The maximum absolute atomic E-state index is 9.80. The Labute approximate surface area is 82.6 Å². The number of phenols is 1. The number of rotatable bonds is 2. The normalized spacial score (nSPS) is 11.7. The smallest absolute Gasteiger partial charge is 0.129 e. The summed E-state index contributed by atoms with van der Waals surface area (Å²) >= 11 is 1.44. The molecule has 1 aromatic carbocycles. The van der Waals surface area contributed by atoms with Crippen LogP contribution in [0.5, 0.6) is 5.75 Å². The molecule has 0 amide bonds. The topological polar surface area (TPSA) is 40.5 Å². The van der Waals surface area contributed by atoms with Crippen molar-refractivity contribution in [2.24, 2.45) is 0 Å². The van der Waals surface area contributed by atoms with Gasteiger partial charge in [0.05, 0.1) is 10.5 Å². The van der Waals surface area contributed by atoms with Gasteiger partial charge in [-0.2, -0.15) is 0 Å². The van der Waals surface area contributed by atoms with Crippen molar-refractivity contribution in [3.05, 3.63) is 23.8 Å². The second kappa shape index (κ2) is 3.60. The fraction of sp³-hybridized carbons (Fsp3) is 0.400. The van der Waals surface area contributed by atoms with Crippen molar-refractivity contribution in [1.82, 2.24) is 0 Å². The van der Waals surface area contributed by atoms with Gasteiger partial charge < -0.3 is 10.2 Å². The van der Waals surface area contributed by atoms with E-state index in [1.165, 1.54) is 11.8 Å². The molecule has 0 aromatic heterocycles. The zero-order chi connectivity index (χ0) is 10.1. The van der Waals surface area contributed by atoms with Crippen molar-refractivity contribution >= 4 is 11.8 Å². The van der Waals surface area contributed by atoms with Gasteiger partial charge in [0, 0.05) is 5.56 Å². The molecule has 0 spiro atoms. The van der Waals surface area contributed by atoms with Gasteiger partial charge in [0.15, 0.2) is 0 Å². The molecule has 0 aliphatic heterocycles. The summed E-state index contributed by atoms with van der Waals surface area (Å²) in [7, 11) is 0. The van der Waals surface area contributed by atoms with Crippen LogP contribution < -0.4 is 0 Å². The highest BCUT2D eigenvalue weighted by atomic mass is 32.2. The van der Waals surface area contributed by atoms with Gasteiger partial charge in [-0.05, 0) is 26.2 Å². The first-order valence-electron chi connectivity index (χ1n) is 4.05. The molecular formula is C10H14O2S. The molecule has 0 aliphatic carbocycles. The molecule has 0 radical (unpaired) electrons. The van der Waals surface area contributed by atoms with Crippen LogP contribution in [0.1, 0.15) is 19.4 Å². The number of thioether (sulfide) groups is 1. The Balaban J connectivity index is 3.29. The fourth-order valence-electron chi connectivity index (χ4n) is 1.22. The Kier molecular flexibility index (Phi) is 2.88. The summed E-state index contributed by atoms with van der Waals surface area (Å²) < 4.78 is 0. The fourth-order valence-corrected chi connectivity index (χ4v) is 2.04. The molecule has 1 aromatic rings. The van der Waals surface area contributed by atoms with E-state index < -0.39 is 5.60 Å². The average Bonchev–Trinajstić information content (AvgIpc) is 2.02. The minimum absolute atomic E-state index is 0.229. The first kappa shape index (κ1) is 10.4. The number of phenolic OH excluding ortho intramolecular Hbond substituents is 1. The van der Waals surface area contributed by atoms with Crippen molar-refractivity contribution < 1.29 is 10.2 Å². The summed E-state index contributed by atoms with van der Waals surface area (Å²) in [4.78, 5) is 0.745. The van der Waals surface area contributed by atoms with E-state index in [1.807, 2.05) is 12.3 Å². The lowest BCUT2D eigenvalue weighted by molar-refractivity contribution is 0.0753. The summed E-state index contributed by atoms with van der Waals surface area (Å²) in [6, 6.07) is 5.19. The summed E-state index contributed by atoms with van der Waals surface area (Å²) in [5, 5.41) is 19.3. The van der Waals surface area contributed by atoms with Gasteiger partial charge in [-0.1, -0.05) is 12.1 Å². The van der Waals surface area contributed by atoms with Crippen LogP contribution in [0.2, 0.25) is 0 Å². The number of aromatic hydroxyl groups is 1. The summed E-state index contributed by atoms with van der Waals surface area (Å²) in [5.41, 5.74) is -0.142. The van der Waals surface area contributed by atoms with E-state index in [0.717, 1.165) is 10.5 Å². The zero-order valence-electron chi connectivity index (χ0n) is 8.03. The zero-order valence-corrected chi connectivity index (χ0v) is 8.85. The lowest BCUT2D eigenvalue weighted by atomic mass is 9.98. The van der Waals surface area contributed by atoms with E-state index in [0.29, 0.717) is 0 Å². The van der Waals surface area contributed by atoms with E-state index in [-0.39, 0.29) is 5.75 Å². The molecule has 0 atom stereocenters. The first-order chi connectivity index (χ1) is 5.96. The molecule has 13 heavy (non-hydrogen) atoms. The Morgan fingerprint density at radius 2 is 1.92 bits per heavy atom. The molecule has 2 nitrogen and oxygen atoms in total. The van der Waals surface area contributed by atoms with Crippen LogP contribution in [0.4, 0.5) is 0 Å². The Morgan fingerprint density at radius 1 is 1.31 bits per heavy atom. The van der Waals surface area contributed by atoms with E-state index in [1.54, 1.807) is 26.0 Å². The highest BCUT2D eigenvalue weighted by molar-refractivity contribution is 7.98. The molecule has 0 saturated carbocycles. The van der Waals surface area contributed by atoms with Gasteiger partial charge in [-0.25, -0.2) is 0 Å². The van der Waals surface area contributed by atoms with Crippen LogP contribution in [0.25, 0.3) is 0 Å². The third-order valence-corrected chi connectivity index (χ3v) is 2.69. The second-order valence-corrected chi connectivity index (χ2v) is 4.23. The molecular weight excluding hydrogens is 184 g/mol. The first-order valence-corrected chi connectivity index (χ1v) is 5.28. The monoisotopic (exact) mass is 198 g/mol. The molecule has 0 heterocycles. The molecule has 3 heteroatoms. The van der Waals surface area contributed by atoms with Gasteiger partial charge in [0.2, 0.25) is 0 Å². The number of aliphatic hydroxyl groups is 1. The molecule has 1 rings (SSSR count). The Bertz CT molecular complexity index is 302. The van der Waals surface area contributed by atoms with E-state index in [9.17, 15) is 10.2 Å². The number of benzene rings is 1. The lowest BCUT2D eigenvalue weighted by Gasteiger charge is -2.21. The van der Waals surface area contributed by atoms with Crippen LogP contribution in [-0.2, 0) is 5.60 Å². The van der Waals surface area contributed by atoms with Crippen molar-refractivity contribution in [2.75, 3.05) is 6.26 Å². The highest BCUT2D eigenvalue weighted by Crippen LogP contribution is 2.35. The van der Waals surface area contributed by atoms with Gasteiger partial charge in [-0.15, -0.1) is 11.8 Å². The van der Waals surface area contributed by atoms with E-state index in [4.69, 9.17) is 0 Å². The maximum Gasteiger partial charge on any atom is 0.129 e. The molecule has 72 valence electrons. The van der Waals surface area contributed by atoms with Crippen molar-refractivity contribution in [2.45, 2.75) is 24.3 Å². The predicted molar refractivity (Wildman–Crippen MR) is 55.1 cm³/mol. The summed E-state index contributed by atoms with van der Waals surface area (Å²) in [5.74, 6) is 0.229. The SMILES string of the molecule is CSc1c(O)cccc1C(C)(C)O. The van der Waals surface area contributed by atoms with E-state index >= 15 is 0 Å². The van der Waals surface area contributed by atoms with Crippen LogP contribution in [0.15, 0.2) is 23.1 Å². The van der Waals surface area contributed by atoms with Crippen LogP contribution >= 0.6 is 11.8 Å². The van der Waals surface area contributed by atoms with Gasteiger partial charge in [-0.3, -0.25) is 0 Å². The van der Waals surface area contributed by atoms with Gasteiger partial charge in [0.25, 0.3) is 0 Å². The average molecular weight is 198 g/mol. The van der Waals surface area contributed by atoms with Crippen LogP contribution in [0, 0.1) is 0 Å². The van der Waals surface area contributed by atoms with E-state index in [2.05, 4.69) is 0 Å². The maximum atomic E-state index is 9.80. The minimum atomic E-state index is -0.906. The van der Waals surface area contributed by atoms with Gasteiger partial charge >= 0.3 is 0 Å².